The van der Waals surface area contributed by atoms with Gasteiger partial charge in [0.2, 0.25) is 10.0 Å². The van der Waals surface area contributed by atoms with E-state index in [4.69, 9.17) is 0 Å². The number of unbranched alkanes of at least 4 members (excludes halogenated alkanes) is 3. The number of hydrogen-bond acceptors (Lipinski definition) is 4. The van der Waals surface area contributed by atoms with Crippen molar-refractivity contribution in [3.05, 3.63) is 90.0 Å². The summed E-state index contributed by atoms with van der Waals surface area (Å²) in [5, 5.41) is 12.1. The maximum Gasteiger partial charge on any atom is 0.255 e. The minimum atomic E-state index is -3.42. The zero-order valence-electron chi connectivity index (χ0n) is 17.8. The molecule has 0 fully saturated rings. The Morgan fingerprint density at radius 2 is 1.44 bits per heavy atom. The molecule has 0 aliphatic heterocycles. The Morgan fingerprint density at radius 1 is 0.781 bits per heavy atom. The average Bonchev–Trinajstić information content (AvgIpc) is 2.81. The molecule has 0 saturated carbocycles. The average molecular weight is 453 g/mol. The first-order valence-electron chi connectivity index (χ1n) is 10.7. The molecule has 3 aromatic rings. The van der Waals surface area contributed by atoms with Gasteiger partial charge < -0.3 is 10.4 Å². The second-order valence-corrected chi connectivity index (χ2v) is 9.34. The predicted octanol–water partition coefficient (Wildman–Crippen LogP) is 4.73. The number of phenols is 1. The molecule has 168 valence electrons. The standard InChI is InChI=1S/C25H28N2O4S/c28-23-17-15-22(16-18-23)27-25(29)21-13-11-20(12-14-21)8-4-1-2-7-19-26-32(30,31)24-9-5-3-6-10-24/h3,5-6,9-18,26,28H,1-2,4,7-8,19H2,(H,27,29). The van der Waals surface area contributed by atoms with E-state index in [1.807, 2.05) is 24.3 Å². The summed E-state index contributed by atoms with van der Waals surface area (Å²) in [5.41, 5.74) is 2.37. The van der Waals surface area contributed by atoms with Crippen molar-refractivity contribution >= 4 is 21.6 Å². The number of aryl methyl sites for hydroxylation is 1. The smallest absolute Gasteiger partial charge is 0.255 e. The number of anilines is 1. The van der Waals surface area contributed by atoms with Crippen LogP contribution in [0.15, 0.2) is 83.8 Å². The van der Waals surface area contributed by atoms with Crippen LogP contribution >= 0.6 is 0 Å². The van der Waals surface area contributed by atoms with Crippen LogP contribution in [0, 0.1) is 0 Å². The lowest BCUT2D eigenvalue weighted by atomic mass is 10.0. The van der Waals surface area contributed by atoms with E-state index >= 15 is 0 Å². The Bertz CT molecular complexity index is 1100. The van der Waals surface area contributed by atoms with Crippen LogP contribution in [0.5, 0.6) is 5.75 Å². The van der Waals surface area contributed by atoms with Crippen molar-refractivity contribution in [2.45, 2.75) is 37.0 Å². The van der Waals surface area contributed by atoms with E-state index in [0.717, 1.165) is 37.7 Å². The largest absolute Gasteiger partial charge is 0.508 e. The number of amides is 1. The number of rotatable bonds is 11. The highest BCUT2D eigenvalue weighted by molar-refractivity contribution is 7.89. The topological polar surface area (TPSA) is 95.5 Å². The molecule has 0 spiro atoms. The van der Waals surface area contributed by atoms with Gasteiger partial charge in [0.15, 0.2) is 0 Å². The highest BCUT2D eigenvalue weighted by Gasteiger charge is 2.11. The summed E-state index contributed by atoms with van der Waals surface area (Å²) in [7, 11) is -3.42. The van der Waals surface area contributed by atoms with Gasteiger partial charge in [0.25, 0.3) is 5.91 Å². The quantitative estimate of drug-likeness (QED) is 0.290. The van der Waals surface area contributed by atoms with Gasteiger partial charge >= 0.3 is 0 Å². The molecule has 3 rings (SSSR count). The molecule has 3 aromatic carbocycles. The van der Waals surface area contributed by atoms with Crippen LogP contribution in [0.2, 0.25) is 0 Å². The molecule has 0 atom stereocenters. The van der Waals surface area contributed by atoms with E-state index in [1.54, 1.807) is 42.5 Å². The summed E-state index contributed by atoms with van der Waals surface area (Å²) in [4.78, 5) is 12.6. The number of nitrogens with one attached hydrogen (secondary N) is 2. The number of aromatic hydroxyl groups is 1. The van der Waals surface area contributed by atoms with Gasteiger partial charge in [-0.25, -0.2) is 13.1 Å². The molecule has 0 heterocycles. The van der Waals surface area contributed by atoms with Gasteiger partial charge in [-0.2, -0.15) is 0 Å². The molecule has 6 nitrogen and oxygen atoms in total. The van der Waals surface area contributed by atoms with Crippen LogP contribution in [0.1, 0.15) is 41.6 Å². The number of carbonyl (C=O) groups is 1. The molecule has 0 aliphatic rings. The van der Waals surface area contributed by atoms with Gasteiger partial charge in [-0.1, -0.05) is 43.2 Å². The van der Waals surface area contributed by atoms with E-state index in [2.05, 4.69) is 10.0 Å². The third kappa shape index (κ3) is 7.21. The van der Waals surface area contributed by atoms with Crippen molar-refractivity contribution in [3.8, 4) is 5.75 Å². The van der Waals surface area contributed by atoms with E-state index in [-0.39, 0.29) is 11.7 Å². The van der Waals surface area contributed by atoms with Gasteiger partial charge in [0, 0.05) is 17.8 Å². The lowest BCUT2D eigenvalue weighted by Crippen LogP contribution is -2.24. The van der Waals surface area contributed by atoms with Crippen LogP contribution < -0.4 is 10.0 Å². The van der Waals surface area contributed by atoms with Gasteiger partial charge in [-0.15, -0.1) is 0 Å². The van der Waals surface area contributed by atoms with Crippen molar-refractivity contribution < 1.29 is 18.3 Å². The molecule has 0 aliphatic carbocycles. The van der Waals surface area contributed by atoms with Crippen LogP contribution in [0.25, 0.3) is 0 Å². The van der Waals surface area contributed by atoms with Crippen LogP contribution in [-0.2, 0) is 16.4 Å². The first-order chi connectivity index (χ1) is 15.4. The Balaban J connectivity index is 1.33. The molecule has 1 amide bonds. The Morgan fingerprint density at radius 3 is 2.12 bits per heavy atom. The van der Waals surface area contributed by atoms with E-state index in [0.29, 0.717) is 22.7 Å². The minimum absolute atomic E-state index is 0.154. The van der Waals surface area contributed by atoms with E-state index in [1.165, 1.54) is 12.1 Å². The molecule has 0 aromatic heterocycles. The number of sulfonamides is 1. The first kappa shape index (κ1) is 23.5. The third-order valence-electron chi connectivity index (χ3n) is 5.08. The summed E-state index contributed by atoms with van der Waals surface area (Å²) in [6, 6.07) is 22.3. The number of carbonyl (C=O) groups excluding carboxylic acids is 1. The fourth-order valence-corrected chi connectivity index (χ4v) is 4.36. The second kappa shape index (κ2) is 11.5. The summed E-state index contributed by atoms with van der Waals surface area (Å²) in [5.74, 6) is -0.0407. The zero-order valence-corrected chi connectivity index (χ0v) is 18.6. The third-order valence-corrected chi connectivity index (χ3v) is 6.56. The lowest BCUT2D eigenvalue weighted by Gasteiger charge is -2.07. The Labute approximate surface area is 189 Å². The van der Waals surface area contributed by atoms with Crippen LogP contribution in [-0.4, -0.2) is 26.0 Å². The number of benzene rings is 3. The van der Waals surface area contributed by atoms with Crippen molar-refractivity contribution in [2.75, 3.05) is 11.9 Å². The number of phenolic OH excluding ortho intramolecular Hbond substituents is 1. The normalized spacial score (nSPS) is 11.2. The summed E-state index contributed by atoms with van der Waals surface area (Å²) in [6.07, 6.45) is 4.67. The molecule has 7 heteroatoms. The summed E-state index contributed by atoms with van der Waals surface area (Å²) < 4.78 is 26.9. The van der Waals surface area contributed by atoms with Crippen molar-refractivity contribution in [1.29, 1.82) is 0 Å². The molecular formula is C25H28N2O4S. The maximum absolute atomic E-state index is 12.3. The van der Waals surface area contributed by atoms with Crippen molar-refractivity contribution in [3.63, 3.8) is 0 Å². The molecule has 0 unspecified atom stereocenters. The molecule has 0 bridgehead atoms. The van der Waals surface area contributed by atoms with Gasteiger partial charge in [-0.05, 0) is 73.4 Å². The monoisotopic (exact) mass is 452 g/mol. The summed E-state index contributed by atoms with van der Waals surface area (Å²) >= 11 is 0. The van der Waals surface area contributed by atoms with Crippen LogP contribution in [0.4, 0.5) is 5.69 Å². The molecule has 32 heavy (non-hydrogen) atoms. The molecule has 3 N–H and O–H groups in total. The van der Waals surface area contributed by atoms with Gasteiger partial charge in [0.05, 0.1) is 4.90 Å². The molecular weight excluding hydrogens is 424 g/mol. The highest BCUT2D eigenvalue weighted by atomic mass is 32.2. The predicted molar refractivity (Wildman–Crippen MR) is 126 cm³/mol. The van der Waals surface area contributed by atoms with Crippen LogP contribution in [0.3, 0.4) is 0 Å². The first-order valence-corrected chi connectivity index (χ1v) is 12.2. The SMILES string of the molecule is O=C(Nc1ccc(O)cc1)c1ccc(CCCCCCNS(=O)(=O)c2ccccc2)cc1. The van der Waals surface area contributed by atoms with Crippen molar-refractivity contribution in [2.24, 2.45) is 0 Å². The van der Waals surface area contributed by atoms with Crippen molar-refractivity contribution in [1.82, 2.24) is 4.72 Å². The van der Waals surface area contributed by atoms with E-state index < -0.39 is 10.0 Å². The molecule has 0 radical (unpaired) electrons. The maximum atomic E-state index is 12.3. The fraction of sp³-hybridized carbons (Fsp3) is 0.240. The second-order valence-electron chi connectivity index (χ2n) is 7.57. The van der Waals surface area contributed by atoms with E-state index in [9.17, 15) is 18.3 Å². The summed E-state index contributed by atoms with van der Waals surface area (Å²) in [6.45, 7) is 0.433. The highest BCUT2D eigenvalue weighted by Crippen LogP contribution is 2.16. The lowest BCUT2D eigenvalue weighted by molar-refractivity contribution is 0.102. The Kier molecular flexibility index (Phi) is 8.41. The fourth-order valence-electron chi connectivity index (χ4n) is 3.27. The zero-order chi connectivity index (χ0) is 22.8. The molecule has 0 saturated heterocycles. The number of hydrogen-bond donors (Lipinski definition) is 3. The Hall–Kier alpha value is -3.16. The van der Waals surface area contributed by atoms with Gasteiger partial charge in [0.1, 0.15) is 5.75 Å². The van der Waals surface area contributed by atoms with Gasteiger partial charge in [-0.3, -0.25) is 4.79 Å². The minimum Gasteiger partial charge on any atom is -0.508 e.